The fourth-order valence-corrected chi connectivity index (χ4v) is 2.61. The third-order valence-electron chi connectivity index (χ3n) is 3.87. The van der Waals surface area contributed by atoms with Crippen molar-refractivity contribution >= 4 is 5.97 Å². The third-order valence-corrected chi connectivity index (χ3v) is 3.87. The zero-order chi connectivity index (χ0) is 16.1. The third kappa shape index (κ3) is 3.95. The van der Waals surface area contributed by atoms with Crippen LogP contribution in [0.5, 0.6) is 0 Å². The summed E-state index contributed by atoms with van der Waals surface area (Å²) >= 11 is 0. The Bertz CT molecular complexity index is 605. The standard InChI is InChI=1S/C19H23NO2/c1-14(2)16-9-11-17(12-10-16)18(19(21)22)20(3)13-15-7-5-4-6-8-15/h4-12,14,18H,13H2,1-3H3,(H,21,22). The molecule has 0 saturated heterocycles. The van der Waals surface area contributed by atoms with Crippen LogP contribution in [0.3, 0.4) is 0 Å². The lowest BCUT2D eigenvalue weighted by Crippen LogP contribution is -2.30. The highest BCUT2D eigenvalue weighted by molar-refractivity contribution is 5.75. The van der Waals surface area contributed by atoms with Crippen LogP contribution in [0.4, 0.5) is 0 Å². The molecule has 0 spiro atoms. The molecule has 22 heavy (non-hydrogen) atoms. The van der Waals surface area contributed by atoms with Gasteiger partial charge in [0.1, 0.15) is 6.04 Å². The quantitative estimate of drug-likeness (QED) is 0.874. The zero-order valence-corrected chi connectivity index (χ0v) is 13.4. The monoisotopic (exact) mass is 297 g/mol. The van der Waals surface area contributed by atoms with Gasteiger partial charge in [0.15, 0.2) is 0 Å². The van der Waals surface area contributed by atoms with Crippen LogP contribution in [0.2, 0.25) is 0 Å². The molecular weight excluding hydrogens is 274 g/mol. The number of hydrogen-bond acceptors (Lipinski definition) is 2. The molecule has 1 unspecified atom stereocenters. The van der Waals surface area contributed by atoms with Crippen molar-refractivity contribution in [1.82, 2.24) is 4.90 Å². The highest BCUT2D eigenvalue weighted by Gasteiger charge is 2.24. The van der Waals surface area contributed by atoms with E-state index in [1.54, 1.807) is 0 Å². The molecule has 0 fully saturated rings. The Morgan fingerprint density at radius 1 is 1.00 bits per heavy atom. The van der Waals surface area contributed by atoms with E-state index in [9.17, 15) is 9.90 Å². The summed E-state index contributed by atoms with van der Waals surface area (Å²) in [5, 5.41) is 9.61. The molecule has 2 aromatic rings. The van der Waals surface area contributed by atoms with Crippen LogP contribution in [-0.4, -0.2) is 23.0 Å². The summed E-state index contributed by atoms with van der Waals surface area (Å²) < 4.78 is 0. The Kier molecular flexibility index (Phi) is 5.34. The summed E-state index contributed by atoms with van der Waals surface area (Å²) in [5.41, 5.74) is 3.14. The Morgan fingerprint density at radius 3 is 2.05 bits per heavy atom. The molecule has 3 nitrogen and oxygen atoms in total. The molecular formula is C19H23NO2. The largest absolute Gasteiger partial charge is 0.480 e. The highest BCUT2D eigenvalue weighted by Crippen LogP contribution is 2.24. The Labute approximate surface area is 132 Å². The summed E-state index contributed by atoms with van der Waals surface area (Å²) in [7, 11) is 1.85. The topological polar surface area (TPSA) is 40.5 Å². The van der Waals surface area contributed by atoms with E-state index in [0.717, 1.165) is 11.1 Å². The summed E-state index contributed by atoms with van der Waals surface area (Å²) in [5.74, 6) is -0.380. The van der Waals surface area contributed by atoms with E-state index in [2.05, 4.69) is 13.8 Å². The van der Waals surface area contributed by atoms with Crippen molar-refractivity contribution in [1.29, 1.82) is 0 Å². The van der Waals surface area contributed by atoms with E-state index >= 15 is 0 Å². The van der Waals surface area contributed by atoms with Crippen molar-refractivity contribution in [2.24, 2.45) is 0 Å². The lowest BCUT2D eigenvalue weighted by atomic mass is 9.98. The fraction of sp³-hybridized carbons (Fsp3) is 0.316. The first-order valence-corrected chi connectivity index (χ1v) is 7.56. The Morgan fingerprint density at radius 2 is 1.55 bits per heavy atom. The van der Waals surface area contributed by atoms with Crippen LogP contribution in [0.1, 0.15) is 42.5 Å². The van der Waals surface area contributed by atoms with Crippen LogP contribution >= 0.6 is 0 Å². The maximum Gasteiger partial charge on any atom is 0.325 e. The van der Waals surface area contributed by atoms with Gasteiger partial charge in [-0.3, -0.25) is 9.69 Å². The van der Waals surface area contributed by atoms with Gasteiger partial charge in [-0.25, -0.2) is 0 Å². The van der Waals surface area contributed by atoms with Crippen molar-refractivity contribution in [2.45, 2.75) is 32.4 Å². The molecule has 0 aliphatic carbocycles. The normalized spacial score (nSPS) is 12.6. The minimum atomic E-state index is -0.823. The second kappa shape index (κ2) is 7.23. The summed E-state index contributed by atoms with van der Waals surface area (Å²) in [6.07, 6.45) is 0. The van der Waals surface area contributed by atoms with Crippen LogP contribution in [-0.2, 0) is 11.3 Å². The first-order chi connectivity index (χ1) is 10.5. The van der Waals surface area contributed by atoms with Crippen LogP contribution < -0.4 is 0 Å². The van der Waals surface area contributed by atoms with Crippen LogP contribution in [0.25, 0.3) is 0 Å². The van der Waals surface area contributed by atoms with E-state index in [1.165, 1.54) is 5.56 Å². The molecule has 116 valence electrons. The number of aliphatic carboxylic acids is 1. The second-order valence-electron chi connectivity index (χ2n) is 5.96. The maximum atomic E-state index is 11.7. The number of nitrogens with zero attached hydrogens (tertiary/aromatic N) is 1. The number of likely N-dealkylation sites (N-methyl/N-ethyl adjacent to an activating group) is 1. The van der Waals surface area contributed by atoms with Gasteiger partial charge in [-0.1, -0.05) is 68.4 Å². The van der Waals surface area contributed by atoms with Gasteiger partial charge in [0.25, 0.3) is 0 Å². The lowest BCUT2D eigenvalue weighted by Gasteiger charge is -2.25. The second-order valence-corrected chi connectivity index (χ2v) is 5.96. The van der Waals surface area contributed by atoms with Crippen LogP contribution in [0, 0.1) is 0 Å². The number of carbonyl (C=O) groups is 1. The molecule has 0 bridgehead atoms. The van der Waals surface area contributed by atoms with E-state index in [4.69, 9.17) is 0 Å². The van der Waals surface area contributed by atoms with Gasteiger partial charge < -0.3 is 5.11 Å². The number of rotatable bonds is 6. The van der Waals surface area contributed by atoms with Gasteiger partial charge in [-0.2, -0.15) is 0 Å². The van der Waals surface area contributed by atoms with Crippen molar-refractivity contribution in [3.63, 3.8) is 0 Å². The Hall–Kier alpha value is -2.13. The van der Waals surface area contributed by atoms with E-state index in [1.807, 2.05) is 66.5 Å². The summed E-state index contributed by atoms with van der Waals surface area (Å²) in [6.45, 7) is 4.86. The summed E-state index contributed by atoms with van der Waals surface area (Å²) in [6, 6.07) is 17.2. The molecule has 2 aromatic carbocycles. The van der Waals surface area contributed by atoms with Gasteiger partial charge in [0, 0.05) is 6.54 Å². The molecule has 2 rings (SSSR count). The average Bonchev–Trinajstić information content (AvgIpc) is 2.48. The van der Waals surface area contributed by atoms with Crippen molar-refractivity contribution in [2.75, 3.05) is 7.05 Å². The minimum Gasteiger partial charge on any atom is -0.480 e. The average molecular weight is 297 g/mol. The van der Waals surface area contributed by atoms with Crippen molar-refractivity contribution in [3.05, 3.63) is 71.3 Å². The zero-order valence-electron chi connectivity index (χ0n) is 13.4. The van der Waals surface area contributed by atoms with Gasteiger partial charge in [0.05, 0.1) is 0 Å². The first-order valence-electron chi connectivity index (χ1n) is 7.56. The van der Waals surface area contributed by atoms with Crippen LogP contribution in [0.15, 0.2) is 54.6 Å². The van der Waals surface area contributed by atoms with E-state index < -0.39 is 12.0 Å². The molecule has 0 aromatic heterocycles. The first kappa shape index (κ1) is 16.2. The van der Waals surface area contributed by atoms with Crippen molar-refractivity contribution in [3.8, 4) is 0 Å². The predicted molar refractivity (Wildman–Crippen MR) is 88.8 cm³/mol. The molecule has 0 saturated carbocycles. The van der Waals surface area contributed by atoms with Gasteiger partial charge >= 0.3 is 5.97 Å². The smallest absolute Gasteiger partial charge is 0.325 e. The molecule has 1 atom stereocenters. The molecule has 0 aliphatic rings. The SMILES string of the molecule is CC(C)c1ccc(C(C(=O)O)N(C)Cc2ccccc2)cc1. The number of carboxylic acids is 1. The van der Waals surface area contributed by atoms with E-state index in [-0.39, 0.29) is 0 Å². The van der Waals surface area contributed by atoms with Gasteiger partial charge in [-0.05, 0) is 29.7 Å². The number of carboxylic acid groups (broad SMARTS) is 1. The molecule has 0 radical (unpaired) electrons. The number of hydrogen-bond donors (Lipinski definition) is 1. The molecule has 0 heterocycles. The minimum absolute atomic E-state index is 0.444. The van der Waals surface area contributed by atoms with Gasteiger partial charge in [-0.15, -0.1) is 0 Å². The lowest BCUT2D eigenvalue weighted by molar-refractivity contribution is -0.143. The molecule has 0 amide bonds. The van der Waals surface area contributed by atoms with Gasteiger partial charge in [0.2, 0.25) is 0 Å². The highest BCUT2D eigenvalue weighted by atomic mass is 16.4. The summed E-state index contributed by atoms with van der Waals surface area (Å²) in [4.78, 5) is 13.6. The maximum absolute atomic E-state index is 11.7. The molecule has 3 heteroatoms. The number of benzene rings is 2. The molecule has 0 aliphatic heterocycles. The fourth-order valence-electron chi connectivity index (χ4n) is 2.61. The van der Waals surface area contributed by atoms with E-state index in [0.29, 0.717) is 12.5 Å². The predicted octanol–water partition coefficient (Wildman–Crippen LogP) is 4.07. The molecule has 1 N–H and O–H groups in total. The Balaban J connectivity index is 2.20. The van der Waals surface area contributed by atoms with Crippen molar-refractivity contribution < 1.29 is 9.90 Å².